The molecule has 114 valence electrons. The van der Waals surface area contributed by atoms with E-state index in [9.17, 15) is 21.6 Å². The first-order chi connectivity index (χ1) is 8.90. The number of nitrogens with one attached hydrogen (secondary N) is 2. The summed E-state index contributed by atoms with van der Waals surface area (Å²) in [6.07, 6.45) is 0.789. The molecule has 1 fully saturated rings. The van der Waals surface area contributed by atoms with Crippen LogP contribution >= 0.6 is 12.4 Å². The monoisotopic (exact) mass is 330 g/mol. The number of hydrogen-bond acceptors (Lipinski definition) is 3. The molecule has 0 radical (unpaired) electrons. The van der Waals surface area contributed by atoms with Gasteiger partial charge in [-0.1, -0.05) is 0 Å². The predicted molar refractivity (Wildman–Crippen MR) is 69.7 cm³/mol. The van der Waals surface area contributed by atoms with Crippen molar-refractivity contribution in [1.82, 2.24) is 10.0 Å². The normalized spacial score (nSPS) is 18.9. The van der Waals surface area contributed by atoms with Gasteiger partial charge in [0.1, 0.15) is 17.5 Å². The third kappa shape index (κ3) is 3.85. The molecule has 1 aromatic carbocycles. The number of sulfonamides is 1. The Morgan fingerprint density at radius 1 is 1.25 bits per heavy atom. The summed E-state index contributed by atoms with van der Waals surface area (Å²) in [5.74, 6) is -3.95. The first-order valence-electron chi connectivity index (χ1n) is 5.75. The van der Waals surface area contributed by atoms with Gasteiger partial charge >= 0.3 is 0 Å². The molecule has 2 N–H and O–H groups in total. The minimum absolute atomic E-state index is 0. The van der Waals surface area contributed by atoms with Crippen LogP contribution in [-0.2, 0) is 10.0 Å². The van der Waals surface area contributed by atoms with Crippen LogP contribution in [0.5, 0.6) is 0 Å². The molecule has 1 aromatic rings. The van der Waals surface area contributed by atoms with Gasteiger partial charge in [0, 0.05) is 18.7 Å². The lowest BCUT2D eigenvalue weighted by Gasteiger charge is -2.12. The van der Waals surface area contributed by atoms with Gasteiger partial charge in [-0.25, -0.2) is 26.3 Å². The molecule has 1 unspecified atom stereocenters. The van der Waals surface area contributed by atoms with Crippen molar-refractivity contribution in [3.63, 3.8) is 0 Å². The molecule has 9 heteroatoms. The minimum Gasteiger partial charge on any atom is -0.316 e. The Morgan fingerprint density at radius 3 is 2.35 bits per heavy atom. The molecule has 0 spiro atoms. The van der Waals surface area contributed by atoms with E-state index in [1.165, 1.54) is 0 Å². The highest BCUT2D eigenvalue weighted by Gasteiger charge is 2.26. The molecule has 2 rings (SSSR count). The van der Waals surface area contributed by atoms with Crippen LogP contribution in [-0.4, -0.2) is 28.1 Å². The Bertz CT molecular complexity index is 554. The highest BCUT2D eigenvalue weighted by Crippen LogP contribution is 2.20. The minimum atomic E-state index is -4.32. The maximum Gasteiger partial charge on any atom is 0.246 e. The van der Waals surface area contributed by atoms with Crippen molar-refractivity contribution in [1.29, 1.82) is 0 Å². The predicted octanol–water partition coefficient (Wildman–Crippen LogP) is 1.41. The Balaban J connectivity index is 0.00000200. The summed E-state index contributed by atoms with van der Waals surface area (Å²) in [6.45, 7) is 1.52. The van der Waals surface area contributed by atoms with Gasteiger partial charge in [0.05, 0.1) is 0 Å². The standard InChI is InChI=1S/C11H13F3N2O2S.ClH/c12-8-3-9(13)11(10(14)4-8)19(17,18)16-6-7-1-2-15-5-7;/h3-4,7,15-16H,1-2,5-6H2;1H. The van der Waals surface area contributed by atoms with E-state index >= 15 is 0 Å². The number of halogens is 4. The molecule has 0 saturated carbocycles. The summed E-state index contributed by atoms with van der Waals surface area (Å²) in [7, 11) is -4.32. The van der Waals surface area contributed by atoms with Crippen molar-refractivity contribution in [2.45, 2.75) is 11.3 Å². The first kappa shape index (κ1) is 17.2. The van der Waals surface area contributed by atoms with E-state index in [4.69, 9.17) is 0 Å². The SMILES string of the molecule is Cl.O=S(=O)(NCC1CCNC1)c1c(F)cc(F)cc1F. The Morgan fingerprint density at radius 2 is 1.85 bits per heavy atom. The van der Waals surface area contributed by atoms with Gasteiger partial charge in [0.25, 0.3) is 0 Å². The van der Waals surface area contributed by atoms with Crippen molar-refractivity contribution >= 4 is 22.4 Å². The van der Waals surface area contributed by atoms with E-state index in [1.807, 2.05) is 0 Å². The van der Waals surface area contributed by atoms with Gasteiger partial charge < -0.3 is 5.32 Å². The van der Waals surface area contributed by atoms with Gasteiger partial charge in [0.15, 0.2) is 4.90 Å². The van der Waals surface area contributed by atoms with Crippen molar-refractivity contribution in [3.8, 4) is 0 Å². The molecule has 1 aliphatic rings. The van der Waals surface area contributed by atoms with Crippen molar-refractivity contribution in [3.05, 3.63) is 29.6 Å². The summed E-state index contributed by atoms with van der Waals surface area (Å²) in [5.41, 5.74) is 0. The summed E-state index contributed by atoms with van der Waals surface area (Å²) in [4.78, 5) is -1.14. The summed E-state index contributed by atoms with van der Waals surface area (Å²) in [6, 6.07) is 0.684. The molecular weight excluding hydrogens is 317 g/mol. The van der Waals surface area contributed by atoms with Gasteiger partial charge in [-0.15, -0.1) is 12.4 Å². The first-order valence-corrected chi connectivity index (χ1v) is 7.23. The molecular formula is C11H14ClF3N2O2S. The highest BCUT2D eigenvalue weighted by atomic mass is 35.5. The van der Waals surface area contributed by atoms with Crippen LogP contribution in [0.25, 0.3) is 0 Å². The highest BCUT2D eigenvalue weighted by molar-refractivity contribution is 7.89. The smallest absolute Gasteiger partial charge is 0.246 e. The van der Waals surface area contributed by atoms with Crippen LogP contribution in [0.2, 0.25) is 0 Å². The third-order valence-corrected chi connectivity index (χ3v) is 4.43. The van der Waals surface area contributed by atoms with E-state index in [0.29, 0.717) is 18.7 Å². The van der Waals surface area contributed by atoms with E-state index in [-0.39, 0.29) is 24.9 Å². The average molecular weight is 331 g/mol. The second-order valence-corrected chi connectivity index (χ2v) is 6.11. The van der Waals surface area contributed by atoms with Crippen LogP contribution in [0.15, 0.2) is 17.0 Å². The lowest BCUT2D eigenvalue weighted by atomic mass is 10.1. The molecule has 1 heterocycles. The zero-order valence-corrected chi connectivity index (χ0v) is 12.0. The molecule has 4 nitrogen and oxygen atoms in total. The Kier molecular flexibility index (Phi) is 5.81. The number of rotatable bonds is 4. The Hall–Kier alpha value is -0.830. The number of benzene rings is 1. The number of hydrogen-bond donors (Lipinski definition) is 2. The van der Waals surface area contributed by atoms with Crippen LogP contribution in [0.1, 0.15) is 6.42 Å². The van der Waals surface area contributed by atoms with E-state index < -0.39 is 32.4 Å². The molecule has 0 bridgehead atoms. The van der Waals surface area contributed by atoms with E-state index in [2.05, 4.69) is 10.0 Å². The van der Waals surface area contributed by atoms with Crippen molar-refractivity contribution in [2.24, 2.45) is 5.92 Å². The second kappa shape index (κ2) is 6.75. The third-order valence-electron chi connectivity index (χ3n) is 2.96. The van der Waals surface area contributed by atoms with Crippen LogP contribution in [0, 0.1) is 23.4 Å². The molecule has 1 atom stereocenters. The van der Waals surface area contributed by atoms with Crippen molar-refractivity contribution in [2.75, 3.05) is 19.6 Å². The maximum absolute atomic E-state index is 13.4. The average Bonchev–Trinajstić information content (AvgIpc) is 2.77. The van der Waals surface area contributed by atoms with Crippen LogP contribution in [0.4, 0.5) is 13.2 Å². The fourth-order valence-electron chi connectivity index (χ4n) is 1.97. The van der Waals surface area contributed by atoms with Crippen LogP contribution in [0.3, 0.4) is 0 Å². The fraction of sp³-hybridized carbons (Fsp3) is 0.455. The van der Waals surface area contributed by atoms with Crippen LogP contribution < -0.4 is 10.0 Å². The molecule has 1 saturated heterocycles. The zero-order chi connectivity index (χ0) is 14.0. The van der Waals surface area contributed by atoms with Gasteiger partial charge in [-0.2, -0.15) is 0 Å². The molecule has 0 aromatic heterocycles. The maximum atomic E-state index is 13.4. The molecule has 1 aliphatic heterocycles. The summed E-state index contributed by atoms with van der Waals surface area (Å²) in [5, 5.41) is 3.05. The Labute approximate surface area is 121 Å². The van der Waals surface area contributed by atoms with Gasteiger partial charge in [-0.3, -0.25) is 0 Å². The molecule has 0 amide bonds. The second-order valence-electron chi connectivity index (χ2n) is 4.41. The van der Waals surface area contributed by atoms with E-state index in [0.717, 1.165) is 13.0 Å². The largest absolute Gasteiger partial charge is 0.316 e. The van der Waals surface area contributed by atoms with Gasteiger partial charge in [0.2, 0.25) is 10.0 Å². The quantitative estimate of drug-likeness (QED) is 0.877. The van der Waals surface area contributed by atoms with Gasteiger partial charge in [-0.05, 0) is 25.4 Å². The van der Waals surface area contributed by atoms with Crippen molar-refractivity contribution < 1.29 is 21.6 Å². The van der Waals surface area contributed by atoms with E-state index in [1.54, 1.807) is 0 Å². The summed E-state index contributed by atoms with van der Waals surface area (Å²) < 4.78 is 65.3. The lowest BCUT2D eigenvalue weighted by Crippen LogP contribution is -2.31. The topological polar surface area (TPSA) is 58.2 Å². The fourth-order valence-corrected chi connectivity index (χ4v) is 3.20. The molecule has 20 heavy (non-hydrogen) atoms. The lowest BCUT2D eigenvalue weighted by molar-refractivity contribution is 0.488. The summed E-state index contributed by atoms with van der Waals surface area (Å²) >= 11 is 0. The zero-order valence-electron chi connectivity index (χ0n) is 10.3. The molecule has 0 aliphatic carbocycles.